The van der Waals surface area contributed by atoms with E-state index in [9.17, 15) is 4.79 Å². The molecule has 0 radical (unpaired) electrons. The van der Waals surface area contributed by atoms with Gasteiger partial charge in [-0.25, -0.2) is 0 Å². The number of ether oxygens (including phenoxy) is 1. The third kappa shape index (κ3) is 4.58. The van der Waals surface area contributed by atoms with Gasteiger partial charge in [-0.2, -0.15) is 0 Å². The number of hydrogen-bond donors (Lipinski definition) is 2. The average molecular weight is 256 g/mol. The number of hydrogen-bond acceptors (Lipinski definition) is 3. The standard InChI is InChI=1S/C14H28N2O2/c1-4-14(6-8-15-11-14)13(17)16-7-5-9-18-10-12(2)3/h12,15H,4-11H2,1-3H3,(H,16,17). The summed E-state index contributed by atoms with van der Waals surface area (Å²) in [6.45, 7) is 10.4. The summed E-state index contributed by atoms with van der Waals surface area (Å²) in [4.78, 5) is 12.1. The topological polar surface area (TPSA) is 50.4 Å². The smallest absolute Gasteiger partial charge is 0.227 e. The zero-order chi connectivity index (χ0) is 13.4. The van der Waals surface area contributed by atoms with Crippen LogP contribution in [-0.2, 0) is 9.53 Å². The van der Waals surface area contributed by atoms with Crippen LogP contribution in [0.15, 0.2) is 0 Å². The molecule has 106 valence electrons. The molecule has 1 atom stereocenters. The van der Waals surface area contributed by atoms with Crippen LogP contribution in [0.3, 0.4) is 0 Å². The van der Waals surface area contributed by atoms with E-state index in [2.05, 4.69) is 31.4 Å². The minimum absolute atomic E-state index is 0.168. The van der Waals surface area contributed by atoms with Gasteiger partial charge in [-0.15, -0.1) is 0 Å². The lowest BCUT2D eigenvalue weighted by molar-refractivity contribution is -0.130. The molecule has 1 unspecified atom stereocenters. The Hall–Kier alpha value is -0.610. The Bertz CT molecular complexity index is 248. The predicted octanol–water partition coefficient (Wildman–Crippen LogP) is 1.56. The Morgan fingerprint density at radius 3 is 2.83 bits per heavy atom. The molecular formula is C14H28N2O2. The Balaban J connectivity index is 2.13. The van der Waals surface area contributed by atoms with Crippen LogP contribution >= 0.6 is 0 Å². The van der Waals surface area contributed by atoms with Gasteiger partial charge in [0.2, 0.25) is 5.91 Å². The van der Waals surface area contributed by atoms with Crippen molar-refractivity contribution in [3.8, 4) is 0 Å². The van der Waals surface area contributed by atoms with Gasteiger partial charge in [0.15, 0.2) is 0 Å². The van der Waals surface area contributed by atoms with Crippen molar-refractivity contribution >= 4 is 5.91 Å². The SMILES string of the molecule is CCC1(C(=O)NCCCOCC(C)C)CCNC1. The Morgan fingerprint density at radius 1 is 1.50 bits per heavy atom. The number of nitrogens with one attached hydrogen (secondary N) is 2. The Morgan fingerprint density at radius 2 is 2.28 bits per heavy atom. The Labute approximate surface area is 111 Å². The molecule has 0 aromatic carbocycles. The third-order valence-electron chi connectivity index (χ3n) is 3.60. The summed E-state index contributed by atoms with van der Waals surface area (Å²) < 4.78 is 5.49. The van der Waals surface area contributed by atoms with Crippen LogP contribution in [0.2, 0.25) is 0 Å². The molecule has 1 aliphatic heterocycles. The number of carbonyl (C=O) groups excluding carboxylic acids is 1. The summed E-state index contributed by atoms with van der Waals surface area (Å²) in [7, 11) is 0. The highest BCUT2D eigenvalue weighted by atomic mass is 16.5. The molecule has 1 rings (SSSR count). The molecule has 1 amide bonds. The monoisotopic (exact) mass is 256 g/mol. The number of carbonyl (C=O) groups is 1. The van der Waals surface area contributed by atoms with Crippen LogP contribution in [0.4, 0.5) is 0 Å². The second-order valence-corrected chi connectivity index (χ2v) is 5.64. The molecule has 0 aliphatic carbocycles. The van der Waals surface area contributed by atoms with Crippen LogP contribution in [-0.4, -0.2) is 38.8 Å². The van der Waals surface area contributed by atoms with Gasteiger partial charge in [0.1, 0.15) is 0 Å². The van der Waals surface area contributed by atoms with Crippen molar-refractivity contribution in [3.05, 3.63) is 0 Å². The van der Waals surface area contributed by atoms with E-state index in [1.807, 2.05) is 0 Å². The molecule has 4 heteroatoms. The molecule has 4 nitrogen and oxygen atoms in total. The maximum Gasteiger partial charge on any atom is 0.227 e. The van der Waals surface area contributed by atoms with Gasteiger partial charge in [0.05, 0.1) is 5.41 Å². The molecule has 1 saturated heterocycles. The Kier molecular flexibility index (Phi) is 6.65. The number of amides is 1. The van der Waals surface area contributed by atoms with Crippen molar-refractivity contribution in [1.82, 2.24) is 10.6 Å². The van der Waals surface area contributed by atoms with Gasteiger partial charge in [-0.1, -0.05) is 20.8 Å². The summed E-state index contributed by atoms with van der Waals surface area (Å²) in [5.41, 5.74) is -0.168. The summed E-state index contributed by atoms with van der Waals surface area (Å²) in [6.07, 6.45) is 2.76. The lowest BCUT2D eigenvalue weighted by Crippen LogP contribution is -2.42. The predicted molar refractivity (Wildman–Crippen MR) is 73.5 cm³/mol. The normalized spacial score (nSPS) is 23.6. The van der Waals surface area contributed by atoms with Crippen molar-refractivity contribution in [2.24, 2.45) is 11.3 Å². The van der Waals surface area contributed by atoms with E-state index in [4.69, 9.17) is 4.74 Å². The summed E-state index contributed by atoms with van der Waals surface area (Å²) in [6, 6.07) is 0. The van der Waals surface area contributed by atoms with E-state index in [-0.39, 0.29) is 11.3 Å². The van der Waals surface area contributed by atoms with Gasteiger partial charge >= 0.3 is 0 Å². The van der Waals surface area contributed by atoms with E-state index in [0.717, 1.165) is 52.1 Å². The molecule has 0 spiro atoms. The van der Waals surface area contributed by atoms with Gasteiger partial charge in [-0.3, -0.25) is 4.79 Å². The lowest BCUT2D eigenvalue weighted by atomic mass is 9.83. The minimum atomic E-state index is -0.168. The molecule has 0 bridgehead atoms. The first kappa shape index (κ1) is 15.4. The first-order valence-electron chi connectivity index (χ1n) is 7.17. The second-order valence-electron chi connectivity index (χ2n) is 5.64. The van der Waals surface area contributed by atoms with Gasteiger partial charge in [-0.05, 0) is 31.7 Å². The summed E-state index contributed by atoms with van der Waals surface area (Å²) in [5.74, 6) is 0.784. The third-order valence-corrected chi connectivity index (χ3v) is 3.60. The molecule has 1 fully saturated rings. The number of rotatable bonds is 8. The summed E-state index contributed by atoms with van der Waals surface area (Å²) in [5, 5.41) is 6.33. The molecule has 18 heavy (non-hydrogen) atoms. The van der Waals surface area contributed by atoms with Crippen molar-refractivity contribution < 1.29 is 9.53 Å². The van der Waals surface area contributed by atoms with Crippen LogP contribution in [0.25, 0.3) is 0 Å². The van der Waals surface area contributed by atoms with Crippen LogP contribution in [0, 0.1) is 11.3 Å². The average Bonchev–Trinajstić information content (AvgIpc) is 2.83. The zero-order valence-corrected chi connectivity index (χ0v) is 12.1. The highest BCUT2D eigenvalue weighted by Crippen LogP contribution is 2.29. The largest absolute Gasteiger partial charge is 0.381 e. The van der Waals surface area contributed by atoms with E-state index < -0.39 is 0 Å². The van der Waals surface area contributed by atoms with E-state index in [1.165, 1.54) is 0 Å². The molecular weight excluding hydrogens is 228 g/mol. The van der Waals surface area contributed by atoms with E-state index >= 15 is 0 Å². The van der Waals surface area contributed by atoms with Crippen LogP contribution < -0.4 is 10.6 Å². The fourth-order valence-electron chi connectivity index (χ4n) is 2.28. The molecule has 0 aromatic rings. The molecule has 0 saturated carbocycles. The maximum absolute atomic E-state index is 12.1. The highest BCUT2D eigenvalue weighted by molar-refractivity contribution is 5.83. The van der Waals surface area contributed by atoms with Crippen molar-refractivity contribution in [2.75, 3.05) is 32.8 Å². The fourth-order valence-corrected chi connectivity index (χ4v) is 2.28. The zero-order valence-electron chi connectivity index (χ0n) is 12.1. The summed E-state index contributed by atoms with van der Waals surface area (Å²) >= 11 is 0. The quantitative estimate of drug-likeness (QED) is 0.648. The first-order chi connectivity index (χ1) is 8.60. The van der Waals surface area contributed by atoms with E-state index in [0.29, 0.717) is 5.92 Å². The molecule has 1 heterocycles. The van der Waals surface area contributed by atoms with Gasteiger partial charge in [0, 0.05) is 26.3 Å². The fraction of sp³-hybridized carbons (Fsp3) is 0.929. The molecule has 2 N–H and O–H groups in total. The lowest BCUT2D eigenvalue weighted by Gasteiger charge is -2.25. The van der Waals surface area contributed by atoms with Crippen LogP contribution in [0.5, 0.6) is 0 Å². The minimum Gasteiger partial charge on any atom is -0.381 e. The first-order valence-corrected chi connectivity index (χ1v) is 7.17. The van der Waals surface area contributed by atoms with Crippen molar-refractivity contribution in [1.29, 1.82) is 0 Å². The molecule has 1 aliphatic rings. The maximum atomic E-state index is 12.1. The molecule has 0 aromatic heterocycles. The highest BCUT2D eigenvalue weighted by Gasteiger charge is 2.38. The van der Waals surface area contributed by atoms with Crippen molar-refractivity contribution in [2.45, 2.75) is 40.0 Å². The van der Waals surface area contributed by atoms with Crippen molar-refractivity contribution in [3.63, 3.8) is 0 Å². The second kappa shape index (κ2) is 7.74. The van der Waals surface area contributed by atoms with Crippen LogP contribution in [0.1, 0.15) is 40.0 Å². The van der Waals surface area contributed by atoms with Gasteiger partial charge in [0.25, 0.3) is 0 Å². The van der Waals surface area contributed by atoms with E-state index in [1.54, 1.807) is 0 Å². The van der Waals surface area contributed by atoms with Gasteiger partial charge < -0.3 is 15.4 Å².